The van der Waals surface area contributed by atoms with E-state index in [1.165, 1.54) is 10.7 Å². The molecular weight excluding hydrogens is 400 g/mol. The van der Waals surface area contributed by atoms with Gasteiger partial charge in [0.2, 0.25) is 5.91 Å². The van der Waals surface area contributed by atoms with E-state index in [2.05, 4.69) is 20.7 Å². The highest BCUT2D eigenvalue weighted by atomic mass is 32.1. The van der Waals surface area contributed by atoms with Crippen LogP contribution < -0.4 is 10.9 Å². The average Bonchev–Trinajstić information content (AvgIpc) is 3.43. The van der Waals surface area contributed by atoms with Gasteiger partial charge in [0.15, 0.2) is 0 Å². The summed E-state index contributed by atoms with van der Waals surface area (Å²) < 4.78 is 3.15. The highest BCUT2D eigenvalue weighted by Gasteiger charge is 2.14. The zero-order valence-electron chi connectivity index (χ0n) is 16.6. The van der Waals surface area contributed by atoms with Crippen LogP contribution >= 0.6 is 11.3 Å². The number of para-hydroxylation sites is 1. The second-order valence-electron chi connectivity index (χ2n) is 6.94. The van der Waals surface area contributed by atoms with Crippen LogP contribution in [0, 0.1) is 0 Å². The Morgan fingerprint density at radius 1 is 1.13 bits per heavy atom. The lowest BCUT2D eigenvalue weighted by molar-refractivity contribution is -0.122. The van der Waals surface area contributed by atoms with Gasteiger partial charge >= 0.3 is 0 Å². The van der Waals surface area contributed by atoms with Crippen molar-refractivity contribution in [3.8, 4) is 10.6 Å². The average molecular weight is 423 g/mol. The molecule has 1 aromatic carbocycles. The number of hydrogen-bond donors (Lipinski definition) is 1. The van der Waals surface area contributed by atoms with Gasteiger partial charge in [-0.2, -0.15) is 5.10 Å². The molecular formula is C21H22N6O2S. The number of carbonyl (C=O) groups excluding carboxylic acids is 1. The number of carbonyl (C=O) groups is 1. The van der Waals surface area contributed by atoms with Crippen LogP contribution in [0.15, 0.2) is 58.7 Å². The smallest absolute Gasteiger partial charge is 0.266 e. The molecule has 0 aliphatic rings. The van der Waals surface area contributed by atoms with Crippen molar-refractivity contribution in [2.24, 2.45) is 0 Å². The van der Waals surface area contributed by atoms with Crippen LogP contribution in [0.4, 0.5) is 0 Å². The monoisotopic (exact) mass is 422 g/mol. The van der Waals surface area contributed by atoms with Gasteiger partial charge < -0.3 is 5.32 Å². The van der Waals surface area contributed by atoms with E-state index in [-0.39, 0.29) is 23.9 Å². The summed E-state index contributed by atoms with van der Waals surface area (Å²) in [6.45, 7) is 2.74. The lowest BCUT2D eigenvalue weighted by Gasteiger charge is -2.18. The van der Waals surface area contributed by atoms with Gasteiger partial charge in [0, 0.05) is 18.5 Å². The number of fused-ring (bicyclic) bond motifs is 1. The van der Waals surface area contributed by atoms with Crippen LogP contribution in [0.3, 0.4) is 0 Å². The standard InChI is InChI=1S/C21H22N6O2S/c1-2-15(14-27-21(29)10-9-17(24-27)19-8-5-13-30-19)22-20(28)11-12-26-18-7-4-3-6-16(18)23-25-26/h3-10,13,15H,2,11-12,14H2,1H3,(H,22,28)/t15-/m1/s1. The lowest BCUT2D eigenvalue weighted by Crippen LogP contribution is -2.40. The highest BCUT2D eigenvalue weighted by molar-refractivity contribution is 7.13. The van der Waals surface area contributed by atoms with Crippen LogP contribution in [0.25, 0.3) is 21.6 Å². The summed E-state index contributed by atoms with van der Waals surface area (Å²) >= 11 is 1.57. The fourth-order valence-corrected chi connectivity index (χ4v) is 3.90. The molecule has 8 nitrogen and oxygen atoms in total. The van der Waals surface area contributed by atoms with Crippen molar-refractivity contribution in [1.82, 2.24) is 30.1 Å². The van der Waals surface area contributed by atoms with Crippen molar-refractivity contribution in [3.63, 3.8) is 0 Å². The maximum Gasteiger partial charge on any atom is 0.266 e. The summed E-state index contributed by atoms with van der Waals surface area (Å²) in [5.41, 5.74) is 2.28. The predicted molar refractivity (Wildman–Crippen MR) is 116 cm³/mol. The maximum absolute atomic E-state index is 12.5. The molecule has 0 saturated heterocycles. The molecule has 0 bridgehead atoms. The van der Waals surface area contributed by atoms with Gasteiger partial charge in [-0.15, -0.1) is 16.4 Å². The molecule has 4 aromatic rings. The third-order valence-electron chi connectivity index (χ3n) is 4.86. The largest absolute Gasteiger partial charge is 0.351 e. The van der Waals surface area contributed by atoms with E-state index in [1.807, 2.05) is 48.7 Å². The summed E-state index contributed by atoms with van der Waals surface area (Å²) in [5, 5.41) is 17.7. The predicted octanol–water partition coefficient (Wildman–Crippen LogP) is 2.70. The first-order valence-corrected chi connectivity index (χ1v) is 10.7. The normalized spacial score (nSPS) is 12.2. The maximum atomic E-state index is 12.5. The Bertz CT molecular complexity index is 1200. The molecule has 9 heteroatoms. The number of hydrogen-bond acceptors (Lipinski definition) is 6. The Hall–Kier alpha value is -3.33. The Balaban J connectivity index is 1.39. The second kappa shape index (κ2) is 9.00. The Morgan fingerprint density at radius 3 is 2.80 bits per heavy atom. The minimum atomic E-state index is -0.186. The lowest BCUT2D eigenvalue weighted by atomic mass is 10.2. The number of amides is 1. The van der Waals surface area contributed by atoms with Crippen LogP contribution in [-0.4, -0.2) is 36.7 Å². The number of benzene rings is 1. The van der Waals surface area contributed by atoms with Crippen LogP contribution in [0.5, 0.6) is 0 Å². The van der Waals surface area contributed by atoms with Crippen LogP contribution in [0.2, 0.25) is 0 Å². The highest BCUT2D eigenvalue weighted by Crippen LogP contribution is 2.21. The topological polar surface area (TPSA) is 94.7 Å². The summed E-state index contributed by atoms with van der Waals surface area (Å²) in [4.78, 5) is 25.8. The van der Waals surface area contributed by atoms with E-state index in [9.17, 15) is 9.59 Å². The summed E-state index contributed by atoms with van der Waals surface area (Å²) in [5.74, 6) is -0.0936. The second-order valence-corrected chi connectivity index (χ2v) is 7.89. The minimum Gasteiger partial charge on any atom is -0.351 e. The van der Waals surface area contributed by atoms with Gasteiger partial charge in [-0.3, -0.25) is 9.59 Å². The van der Waals surface area contributed by atoms with Gasteiger partial charge in [0.05, 0.1) is 23.5 Å². The van der Waals surface area contributed by atoms with Crippen molar-refractivity contribution in [2.75, 3.05) is 0 Å². The van der Waals surface area contributed by atoms with Crippen molar-refractivity contribution < 1.29 is 4.79 Å². The molecule has 0 saturated carbocycles. The van der Waals surface area contributed by atoms with Crippen molar-refractivity contribution in [2.45, 2.75) is 38.9 Å². The molecule has 1 N–H and O–H groups in total. The van der Waals surface area contributed by atoms with Crippen LogP contribution in [0.1, 0.15) is 19.8 Å². The van der Waals surface area contributed by atoms with Gasteiger partial charge in [-0.1, -0.05) is 30.3 Å². The van der Waals surface area contributed by atoms with E-state index >= 15 is 0 Å². The molecule has 0 unspecified atom stereocenters. The van der Waals surface area contributed by atoms with Gasteiger partial charge in [-0.25, -0.2) is 9.36 Å². The summed E-state index contributed by atoms with van der Waals surface area (Å²) in [6.07, 6.45) is 0.969. The molecule has 0 spiro atoms. The van der Waals surface area contributed by atoms with E-state index < -0.39 is 0 Å². The van der Waals surface area contributed by atoms with Crippen molar-refractivity contribution >= 4 is 28.3 Å². The zero-order valence-corrected chi connectivity index (χ0v) is 17.4. The number of aromatic nitrogens is 5. The number of aryl methyl sites for hydroxylation is 1. The molecule has 0 aliphatic heterocycles. The molecule has 0 aliphatic carbocycles. The third-order valence-corrected chi connectivity index (χ3v) is 5.75. The molecule has 30 heavy (non-hydrogen) atoms. The summed E-state index contributed by atoms with van der Waals surface area (Å²) in [7, 11) is 0. The number of nitrogens with zero attached hydrogens (tertiary/aromatic N) is 5. The molecule has 1 amide bonds. The number of nitrogens with one attached hydrogen (secondary N) is 1. The fourth-order valence-electron chi connectivity index (χ4n) is 3.21. The first-order valence-electron chi connectivity index (χ1n) is 9.83. The first kappa shape index (κ1) is 20.0. The molecule has 3 aromatic heterocycles. The van der Waals surface area contributed by atoms with Gasteiger partial charge in [0.25, 0.3) is 5.56 Å². The van der Waals surface area contributed by atoms with Crippen LogP contribution in [-0.2, 0) is 17.9 Å². The van der Waals surface area contributed by atoms with E-state index in [1.54, 1.807) is 22.1 Å². The molecule has 4 rings (SSSR count). The molecule has 0 radical (unpaired) electrons. The number of thiophene rings is 1. The molecule has 0 fully saturated rings. The van der Waals surface area contributed by atoms with Gasteiger partial charge in [-0.05, 0) is 36.1 Å². The van der Waals surface area contributed by atoms with Crippen molar-refractivity contribution in [3.05, 3.63) is 64.3 Å². The molecule has 1 atom stereocenters. The SMILES string of the molecule is CC[C@H](Cn1nc(-c2cccs2)ccc1=O)NC(=O)CCn1nnc2ccccc21. The summed E-state index contributed by atoms with van der Waals surface area (Å²) in [6, 6.07) is 14.6. The Kier molecular flexibility index (Phi) is 5.99. The zero-order chi connectivity index (χ0) is 20.9. The van der Waals surface area contributed by atoms with E-state index in [0.29, 0.717) is 19.5 Å². The van der Waals surface area contributed by atoms with E-state index in [0.717, 1.165) is 21.6 Å². The van der Waals surface area contributed by atoms with Crippen molar-refractivity contribution in [1.29, 1.82) is 0 Å². The first-order chi connectivity index (χ1) is 14.6. The minimum absolute atomic E-state index is 0.0936. The van der Waals surface area contributed by atoms with Gasteiger partial charge in [0.1, 0.15) is 11.2 Å². The van der Waals surface area contributed by atoms with E-state index in [4.69, 9.17) is 0 Å². The Morgan fingerprint density at radius 2 is 2.00 bits per heavy atom. The molecule has 3 heterocycles. The number of rotatable bonds is 8. The molecule has 154 valence electrons. The Labute approximate surface area is 177 Å². The fraction of sp³-hybridized carbons (Fsp3) is 0.286. The third kappa shape index (κ3) is 4.46. The quantitative estimate of drug-likeness (QED) is 0.471.